The standard InChI is InChI=1S/C11H12ClN3O2/c1-15-8-4-2-3-7(14-9(13)5-12)11(8)17-6-10(15)16/h2-4H,5-6H2,1H3,(H2,13,14). The van der Waals surface area contributed by atoms with Gasteiger partial charge in [-0.25, -0.2) is 4.99 Å². The van der Waals surface area contributed by atoms with Crippen LogP contribution >= 0.6 is 11.6 Å². The van der Waals surface area contributed by atoms with Crippen LogP contribution in [0.1, 0.15) is 0 Å². The van der Waals surface area contributed by atoms with Gasteiger partial charge in [0.2, 0.25) is 0 Å². The van der Waals surface area contributed by atoms with E-state index in [4.69, 9.17) is 22.1 Å². The highest BCUT2D eigenvalue weighted by atomic mass is 35.5. The van der Waals surface area contributed by atoms with Gasteiger partial charge in [-0.15, -0.1) is 11.6 Å². The molecule has 5 nitrogen and oxygen atoms in total. The van der Waals surface area contributed by atoms with Gasteiger partial charge in [0.15, 0.2) is 12.4 Å². The Morgan fingerprint density at radius 2 is 2.41 bits per heavy atom. The van der Waals surface area contributed by atoms with Crippen LogP contribution in [0.15, 0.2) is 23.2 Å². The first kappa shape index (κ1) is 11.7. The van der Waals surface area contributed by atoms with Crippen molar-refractivity contribution < 1.29 is 9.53 Å². The molecule has 0 bridgehead atoms. The number of likely N-dealkylation sites (N-methyl/N-ethyl adjacent to an activating group) is 1. The van der Waals surface area contributed by atoms with Gasteiger partial charge < -0.3 is 15.4 Å². The Hall–Kier alpha value is -1.75. The van der Waals surface area contributed by atoms with Gasteiger partial charge in [0.05, 0.1) is 11.6 Å². The molecule has 0 atom stereocenters. The third kappa shape index (κ3) is 2.19. The summed E-state index contributed by atoms with van der Waals surface area (Å²) in [6, 6.07) is 5.35. The molecule has 2 N–H and O–H groups in total. The van der Waals surface area contributed by atoms with Gasteiger partial charge in [0, 0.05) is 7.05 Å². The number of carbonyl (C=O) groups excluding carboxylic acids is 1. The van der Waals surface area contributed by atoms with Crippen molar-refractivity contribution in [1.29, 1.82) is 0 Å². The van der Waals surface area contributed by atoms with Gasteiger partial charge in [0.25, 0.3) is 5.91 Å². The van der Waals surface area contributed by atoms with Crippen molar-refractivity contribution in [3.05, 3.63) is 18.2 Å². The van der Waals surface area contributed by atoms with E-state index in [1.54, 1.807) is 25.2 Å². The van der Waals surface area contributed by atoms with Gasteiger partial charge in [-0.1, -0.05) is 6.07 Å². The number of hydrogen-bond donors (Lipinski definition) is 1. The van der Waals surface area contributed by atoms with Crippen molar-refractivity contribution in [2.24, 2.45) is 10.7 Å². The molecule has 0 saturated heterocycles. The molecule has 17 heavy (non-hydrogen) atoms. The number of rotatable bonds is 2. The highest BCUT2D eigenvalue weighted by Gasteiger charge is 2.24. The van der Waals surface area contributed by atoms with Gasteiger partial charge in [-0.2, -0.15) is 0 Å². The number of carbonyl (C=O) groups is 1. The molecule has 0 spiro atoms. The zero-order valence-corrected chi connectivity index (χ0v) is 10.1. The average molecular weight is 254 g/mol. The molecule has 1 amide bonds. The summed E-state index contributed by atoms with van der Waals surface area (Å²) in [6.07, 6.45) is 0. The molecular formula is C11H12ClN3O2. The van der Waals surface area contributed by atoms with Crippen molar-refractivity contribution in [3.8, 4) is 5.75 Å². The predicted molar refractivity (Wildman–Crippen MR) is 67.3 cm³/mol. The van der Waals surface area contributed by atoms with E-state index in [0.29, 0.717) is 23.0 Å². The van der Waals surface area contributed by atoms with Crippen LogP contribution in [0.5, 0.6) is 5.75 Å². The maximum absolute atomic E-state index is 11.5. The average Bonchev–Trinajstić information content (AvgIpc) is 2.34. The maximum atomic E-state index is 11.5. The molecule has 1 aromatic rings. The van der Waals surface area contributed by atoms with Crippen LogP contribution in [-0.4, -0.2) is 31.3 Å². The normalized spacial score (nSPS) is 15.5. The third-order valence-electron chi connectivity index (χ3n) is 2.45. The number of nitrogens with two attached hydrogens (primary N) is 1. The van der Waals surface area contributed by atoms with E-state index >= 15 is 0 Å². The van der Waals surface area contributed by atoms with E-state index in [1.165, 1.54) is 4.90 Å². The van der Waals surface area contributed by atoms with E-state index in [-0.39, 0.29) is 18.4 Å². The van der Waals surface area contributed by atoms with Crippen LogP contribution in [0, 0.1) is 0 Å². The van der Waals surface area contributed by atoms with Crippen molar-refractivity contribution in [2.45, 2.75) is 0 Å². The molecule has 0 unspecified atom stereocenters. The quantitative estimate of drug-likeness (QED) is 0.490. The van der Waals surface area contributed by atoms with Crippen LogP contribution in [0.3, 0.4) is 0 Å². The summed E-state index contributed by atoms with van der Waals surface area (Å²) in [5.41, 5.74) is 6.85. The second-order valence-corrected chi connectivity index (χ2v) is 3.87. The molecule has 6 heteroatoms. The van der Waals surface area contributed by atoms with Crippen molar-refractivity contribution >= 4 is 34.7 Å². The topological polar surface area (TPSA) is 67.9 Å². The van der Waals surface area contributed by atoms with Gasteiger partial charge >= 0.3 is 0 Å². The minimum absolute atomic E-state index is 0.0107. The fourth-order valence-corrected chi connectivity index (χ4v) is 1.62. The van der Waals surface area contributed by atoms with E-state index in [1.807, 2.05) is 0 Å². The summed E-state index contributed by atoms with van der Waals surface area (Å²) in [7, 11) is 1.70. The van der Waals surface area contributed by atoms with Crippen LogP contribution < -0.4 is 15.4 Å². The summed E-state index contributed by atoms with van der Waals surface area (Å²) in [4.78, 5) is 17.2. The lowest BCUT2D eigenvalue weighted by Gasteiger charge is -2.26. The van der Waals surface area contributed by atoms with Crippen molar-refractivity contribution in [3.63, 3.8) is 0 Å². The minimum atomic E-state index is -0.0936. The summed E-state index contributed by atoms with van der Waals surface area (Å²) >= 11 is 5.58. The molecule has 0 aliphatic carbocycles. The molecule has 1 heterocycles. The Labute approximate surface area is 104 Å². The third-order valence-corrected chi connectivity index (χ3v) is 2.72. The Bertz CT molecular complexity index is 488. The van der Waals surface area contributed by atoms with Crippen LogP contribution in [-0.2, 0) is 4.79 Å². The molecule has 0 aromatic heterocycles. The SMILES string of the molecule is CN1C(=O)COc2c(N=C(N)CCl)cccc21. The van der Waals surface area contributed by atoms with E-state index < -0.39 is 0 Å². The Balaban J connectivity index is 2.48. The second kappa shape index (κ2) is 4.63. The molecule has 1 aliphatic heterocycles. The fourth-order valence-electron chi connectivity index (χ4n) is 1.56. The number of halogens is 1. The molecular weight excluding hydrogens is 242 g/mol. The number of alkyl halides is 1. The number of fused-ring (bicyclic) bond motifs is 1. The van der Waals surface area contributed by atoms with Gasteiger partial charge in [-0.3, -0.25) is 4.79 Å². The number of amidine groups is 1. The monoisotopic (exact) mass is 253 g/mol. The number of anilines is 1. The fraction of sp³-hybridized carbons (Fsp3) is 0.273. The largest absolute Gasteiger partial charge is 0.479 e. The van der Waals surface area contributed by atoms with Crippen LogP contribution in [0.4, 0.5) is 11.4 Å². The number of benzene rings is 1. The number of nitrogens with zero attached hydrogens (tertiary/aromatic N) is 2. The number of para-hydroxylation sites is 1. The smallest absolute Gasteiger partial charge is 0.264 e. The first-order valence-corrected chi connectivity index (χ1v) is 5.58. The van der Waals surface area contributed by atoms with Crippen molar-refractivity contribution in [1.82, 2.24) is 0 Å². The van der Waals surface area contributed by atoms with E-state index in [0.717, 1.165) is 0 Å². The Kier molecular flexibility index (Phi) is 3.19. The lowest BCUT2D eigenvalue weighted by molar-refractivity contribution is -0.120. The maximum Gasteiger partial charge on any atom is 0.264 e. The van der Waals surface area contributed by atoms with E-state index in [2.05, 4.69) is 4.99 Å². The summed E-state index contributed by atoms with van der Waals surface area (Å²) in [5, 5.41) is 0. The van der Waals surface area contributed by atoms with E-state index in [9.17, 15) is 4.79 Å². The highest BCUT2D eigenvalue weighted by Crippen LogP contribution is 2.39. The molecule has 2 rings (SSSR count). The number of hydrogen-bond acceptors (Lipinski definition) is 3. The number of amides is 1. The first-order valence-electron chi connectivity index (χ1n) is 5.05. The Morgan fingerprint density at radius 3 is 3.12 bits per heavy atom. The number of ether oxygens (including phenoxy) is 1. The van der Waals surface area contributed by atoms with Crippen LogP contribution in [0.2, 0.25) is 0 Å². The zero-order chi connectivity index (χ0) is 12.4. The van der Waals surface area contributed by atoms with Gasteiger partial charge in [0.1, 0.15) is 11.5 Å². The lowest BCUT2D eigenvalue weighted by Crippen LogP contribution is -2.35. The lowest BCUT2D eigenvalue weighted by atomic mass is 10.2. The summed E-state index contributed by atoms with van der Waals surface area (Å²) in [6.45, 7) is 0.0107. The molecule has 1 aliphatic rings. The number of aliphatic imine (C=N–C) groups is 1. The Morgan fingerprint density at radius 1 is 1.65 bits per heavy atom. The van der Waals surface area contributed by atoms with Crippen LogP contribution in [0.25, 0.3) is 0 Å². The molecule has 1 aromatic carbocycles. The molecule has 90 valence electrons. The highest BCUT2D eigenvalue weighted by molar-refractivity contribution is 6.28. The zero-order valence-electron chi connectivity index (χ0n) is 9.31. The molecule has 0 saturated carbocycles. The minimum Gasteiger partial charge on any atom is -0.479 e. The first-order chi connectivity index (χ1) is 8.13. The molecule has 0 fully saturated rings. The summed E-state index contributed by atoms with van der Waals surface area (Å²) < 4.78 is 5.39. The summed E-state index contributed by atoms with van der Waals surface area (Å²) in [5.74, 6) is 0.924. The van der Waals surface area contributed by atoms with Crippen molar-refractivity contribution in [2.75, 3.05) is 24.4 Å². The molecule has 0 radical (unpaired) electrons. The second-order valence-electron chi connectivity index (χ2n) is 3.60. The van der Waals surface area contributed by atoms with Gasteiger partial charge in [-0.05, 0) is 12.1 Å². The predicted octanol–water partition coefficient (Wildman–Crippen LogP) is 1.27.